The van der Waals surface area contributed by atoms with E-state index < -0.39 is 5.60 Å². The Morgan fingerprint density at radius 1 is 1.25 bits per heavy atom. The third-order valence-electron chi connectivity index (χ3n) is 4.89. The standard InChI is InChI=1S/C18H22N4O2/c23-17(19-12-18(24)10-4-5-11-18)15-20-16(13-8-9-13)22(21-15)14-6-2-1-3-7-14/h1-3,6-7,13,24H,4-5,8-12H2,(H,19,23). The van der Waals surface area contributed by atoms with Crippen LogP contribution in [0, 0.1) is 0 Å². The van der Waals surface area contributed by atoms with Crippen molar-refractivity contribution < 1.29 is 9.90 Å². The fourth-order valence-electron chi connectivity index (χ4n) is 3.32. The Morgan fingerprint density at radius 2 is 1.96 bits per heavy atom. The summed E-state index contributed by atoms with van der Waals surface area (Å²) in [4.78, 5) is 16.9. The second-order valence-corrected chi connectivity index (χ2v) is 6.93. The van der Waals surface area contributed by atoms with E-state index in [0.29, 0.717) is 5.92 Å². The van der Waals surface area contributed by atoms with Crippen molar-refractivity contribution in [2.75, 3.05) is 6.54 Å². The smallest absolute Gasteiger partial charge is 0.291 e. The van der Waals surface area contributed by atoms with Crippen molar-refractivity contribution in [1.82, 2.24) is 20.1 Å². The zero-order chi connectivity index (χ0) is 16.6. The number of nitrogens with one attached hydrogen (secondary N) is 1. The third kappa shape index (κ3) is 3.06. The molecule has 2 saturated carbocycles. The lowest BCUT2D eigenvalue weighted by atomic mass is 10.0. The van der Waals surface area contributed by atoms with E-state index in [0.717, 1.165) is 50.0 Å². The van der Waals surface area contributed by atoms with Gasteiger partial charge in [-0.3, -0.25) is 4.79 Å². The first kappa shape index (κ1) is 15.3. The zero-order valence-electron chi connectivity index (χ0n) is 13.6. The van der Waals surface area contributed by atoms with Crippen molar-refractivity contribution in [1.29, 1.82) is 0 Å². The van der Waals surface area contributed by atoms with E-state index in [9.17, 15) is 9.90 Å². The molecular weight excluding hydrogens is 304 g/mol. The average Bonchev–Trinajstić information content (AvgIpc) is 3.20. The molecule has 0 radical (unpaired) electrons. The van der Waals surface area contributed by atoms with E-state index >= 15 is 0 Å². The number of amides is 1. The highest BCUT2D eigenvalue weighted by atomic mass is 16.3. The Balaban J connectivity index is 1.54. The molecule has 2 aliphatic carbocycles. The lowest BCUT2D eigenvalue weighted by Crippen LogP contribution is -2.41. The van der Waals surface area contributed by atoms with Crippen molar-refractivity contribution >= 4 is 5.91 Å². The summed E-state index contributed by atoms with van der Waals surface area (Å²) in [6.45, 7) is 0.268. The van der Waals surface area contributed by atoms with Gasteiger partial charge in [-0.2, -0.15) is 0 Å². The number of nitrogens with zero attached hydrogens (tertiary/aromatic N) is 3. The number of hydrogen-bond donors (Lipinski definition) is 2. The summed E-state index contributed by atoms with van der Waals surface area (Å²) in [6.07, 6.45) is 5.69. The summed E-state index contributed by atoms with van der Waals surface area (Å²) >= 11 is 0. The molecule has 2 fully saturated rings. The second kappa shape index (κ2) is 6.02. The fraction of sp³-hybridized carbons (Fsp3) is 0.500. The molecule has 1 aromatic carbocycles. The number of hydrogen-bond acceptors (Lipinski definition) is 4. The molecule has 6 nitrogen and oxygen atoms in total. The van der Waals surface area contributed by atoms with E-state index in [-0.39, 0.29) is 18.3 Å². The predicted molar refractivity (Wildman–Crippen MR) is 89.1 cm³/mol. The van der Waals surface area contributed by atoms with Gasteiger partial charge in [-0.15, -0.1) is 5.10 Å². The van der Waals surface area contributed by atoms with E-state index in [1.54, 1.807) is 4.68 Å². The molecule has 1 amide bonds. The number of carbonyl (C=O) groups is 1. The Hall–Kier alpha value is -2.21. The van der Waals surface area contributed by atoms with Crippen LogP contribution in [0.4, 0.5) is 0 Å². The topological polar surface area (TPSA) is 80.0 Å². The van der Waals surface area contributed by atoms with Crippen LogP contribution >= 0.6 is 0 Å². The monoisotopic (exact) mass is 326 g/mol. The molecule has 4 rings (SSSR count). The van der Waals surface area contributed by atoms with Crippen LogP contribution in [0.25, 0.3) is 5.69 Å². The molecule has 0 spiro atoms. The lowest BCUT2D eigenvalue weighted by Gasteiger charge is -2.21. The maximum Gasteiger partial charge on any atom is 0.291 e. The Labute approximate surface area is 140 Å². The van der Waals surface area contributed by atoms with Gasteiger partial charge in [0, 0.05) is 12.5 Å². The number of para-hydroxylation sites is 1. The van der Waals surface area contributed by atoms with Gasteiger partial charge in [0.1, 0.15) is 5.82 Å². The van der Waals surface area contributed by atoms with Crippen molar-refractivity contribution in [2.45, 2.75) is 50.0 Å². The van der Waals surface area contributed by atoms with Gasteiger partial charge in [-0.25, -0.2) is 9.67 Å². The van der Waals surface area contributed by atoms with Crippen molar-refractivity contribution in [3.8, 4) is 5.69 Å². The number of aliphatic hydroxyl groups is 1. The average molecular weight is 326 g/mol. The highest BCUT2D eigenvalue weighted by molar-refractivity contribution is 5.90. The zero-order valence-corrected chi connectivity index (χ0v) is 13.6. The minimum Gasteiger partial charge on any atom is -0.388 e. The van der Waals surface area contributed by atoms with Gasteiger partial charge < -0.3 is 10.4 Å². The molecule has 1 aromatic heterocycles. The maximum absolute atomic E-state index is 12.4. The van der Waals surface area contributed by atoms with Gasteiger partial charge >= 0.3 is 0 Å². The van der Waals surface area contributed by atoms with Gasteiger partial charge in [-0.05, 0) is 37.8 Å². The molecule has 6 heteroatoms. The summed E-state index contributed by atoms with van der Waals surface area (Å²) in [7, 11) is 0. The minimum absolute atomic E-state index is 0.183. The summed E-state index contributed by atoms with van der Waals surface area (Å²) in [6, 6.07) is 9.77. The van der Waals surface area contributed by atoms with Crippen LogP contribution in [0.15, 0.2) is 30.3 Å². The predicted octanol–water partition coefficient (Wildman–Crippen LogP) is 2.18. The quantitative estimate of drug-likeness (QED) is 0.882. The Morgan fingerprint density at radius 3 is 2.62 bits per heavy atom. The molecule has 0 aliphatic heterocycles. The first-order valence-corrected chi connectivity index (χ1v) is 8.68. The minimum atomic E-state index is -0.767. The van der Waals surface area contributed by atoms with Gasteiger partial charge in [0.05, 0.1) is 11.3 Å². The van der Waals surface area contributed by atoms with Crippen molar-refractivity contribution in [3.63, 3.8) is 0 Å². The van der Waals surface area contributed by atoms with Gasteiger partial charge in [0.25, 0.3) is 5.91 Å². The van der Waals surface area contributed by atoms with Gasteiger partial charge in [0.2, 0.25) is 5.82 Å². The lowest BCUT2D eigenvalue weighted by molar-refractivity contribution is 0.0447. The Kier molecular flexibility index (Phi) is 3.84. The molecule has 24 heavy (non-hydrogen) atoms. The molecule has 2 aromatic rings. The van der Waals surface area contributed by atoms with Crippen LogP contribution < -0.4 is 5.32 Å². The van der Waals surface area contributed by atoms with Crippen LogP contribution in [0.2, 0.25) is 0 Å². The van der Waals surface area contributed by atoms with Crippen LogP contribution in [0.5, 0.6) is 0 Å². The van der Waals surface area contributed by atoms with Crippen LogP contribution in [-0.2, 0) is 0 Å². The van der Waals surface area contributed by atoms with E-state index in [4.69, 9.17) is 0 Å². The number of rotatable bonds is 5. The normalized spacial score (nSPS) is 19.4. The first-order valence-electron chi connectivity index (χ1n) is 8.68. The fourth-order valence-corrected chi connectivity index (χ4v) is 3.32. The molecule has 126 valence electrons. The molecule has 1 heterocycles. The summed E-state index contributed by atoms with van der Waals surface area (Å²) in [5.41, 5.74) is 0.150. The second-order valence-electron chi connectivity index (χ2n) is 6.93. The highest BCUT2D eigenvalue weighted by Crippen LogP contribution is 2.39. The van der Waals surface area contributed by atoms with Crippen molar-refractivity contribution in [2.24, 2.45) is 0 Å². The molecule has 2 aliphatic rings. The maximum atomic E-state index is 12.4. The SMILES string of the molecule is O=C(NCC1(O)CCCC1)c1nc(C2CC2)n(-c2ccccc2)n1. The molecule has 0 saturated heterocycles. The van der Waals surface area contributed by atoms with E-state index in [1.165, 1.54) is 0 Å². The molecule has 2 N–H and O–H groups in total. The van der Waals surface area contributed by atoms with Crippen LogP contribution in [-0.4, -0.2) is 37.9 Å². The largest absolute Gasteiger partial charge is 0.388 e. The number of aromatic nitrogens is 3. The highest BCUT2D eigenvalue weighted by Gasteiger charge is 2.33. The summed E-state index contributed by atoms with van der Waals surface area (Å²) in [5, 5.41) is 17.6. The molecule has 0 bridgehead atoms. The molecule has 0 atom stereocenters. The number of benzene rings is 1. The Bertz CT molecular complexity index is 731. The summed E-state index contributed by atoms with van der Waals surface area (Å²) < 4.78 is 1.77. The van der Waals surface area contributed by atoms with Gasteiger partial charge in [0.15, 0.2) is 0 Å². The molecular formula is C18H22N4O2. The van der Waals surface area contributed by atoms with E-state index in [2.05, 4.69) is 15.4 Å². The first-order chi connectivity index (χ1) is 11.6. The van der Waals surface area contributed by atoms with Crippen LogP contribution in [0.3, 0.4) is 0 Å². The van der Waals surface area contributed by atoms with Crippen molar-refractivity contribution in [3.05, 3.63) is 42.0 Å². The number of carbonyl (C=O) groups excluding carboxylic acids is 1. The molecule has 0 unspecified atom stereocenters. The third-order valence-corrected chi connectivity index (χ3v) is 4.89. The van der Waals surface area contributed by atoms with Gasteiger partial charge in [-0.1, -0.05) is 31.0 Å². The summed E-state index contributed by atoms with van der Waals surface area (Å²) in [5.74, 6) is 1.11. The van der Waals surface area contributed by atoms with Crippen LogP contribution in [0.1, 0.15) is 60.9 Å². The van der Waals surface area contributed by atoms with E-state index in [1.807, 2.05) is 30.3 Å².